The monoisotopic (exact) mass is 334 g/mol. The molecule has 0 aliphatic carbocycles. The maximum Gasteiger partial charge on any atom is 0.293 e. The maximum atomic E-state index is 12.3. The summed E-state index contributed by atoms with van der Waals surface area (Å²) in [6.07, 6.45) is 9.27. The third-order valence-corrected chi connectivity index (χ3v) is 5.27. The highest BCUT2D eigenvalue weighted by atomic mass is 16.5. The lowest BCUT2D eigenvalue weighted by molar-refractivity contribution is 0.0606. The molecule has 3 heterocycles. The zero-order chi connectivity index (χ0) is 16.9. The fourth-order valence-corrected chi connectivity index (χ4v) is 3.96. The first-order valence-electron chi connectivity index (χ1n) is 9.24. The highest BCUT2D eigenvalue weighted by molar-refractivity contribution is 5.36. The quantitative estimate of drug-likeness (QED) is 0.885. The van der Waals surface area contributed by atoms with Crippen LogP contribution in [0.25, 0.3) is 0 Å². The molecule has 1 N–H and O–H groups in total. The largest absolute Gasteiger partial charge is 0.381 e. The van der Waals surface area contributed by atoms with Gasteiger partial charge in [0.05, 0.1) is 0 Å². The van der Waals surface area contributed by atoms with E-state index in [9.17, 15) is 4.79 Å². The summed E-state index contributed by atoms with van der Waals surface area (Å²) in [7, 11) is 1.78. The van der Waals surface area contributed by atoms with E-state index in [-0.39, 0.29) is 5.56 Å². The highest BCUT2D eigenvalue weighted by Gasteiger charge is 2.25. The van der Waals surface area contributed by atoms with Crippen LogP contribution in [0.5, 0.6) is 0 Å². The summed E-state index contributed by atoms with van der Waals surface area (Å²) in [5, 5.41) is 3.78. The van der Waals surface area contributed by atoms with E-state index in [1.807, 2.05) is 0 Å². The third kappa shape index (κ3) is 4.36. The van der Waals surface area contributed by atoms with Crippen LogP contribution in [0.2, 0.25) is 0 Å². The fourth-order valence-electron chi connectivity index (χ4n) is 3.96. The van der Waals surface area contributed by atoms with Gasteiger partial charge in [-0.3, -0.25) is 4.79 Å². The van der Waals surface area contributed by atoms with E-state index in [1.54, 1.807) is 24.0 Å². The number of piperidine rings is 1. The Labute approximate surface area is 144 Å². The van der Waals surface area contributed by atoms with Gasteiger partial charge in [0.1, 0.15) is 0 Å². The van der Waals surface area contributed by atoms with Crippen molar-refractivity contribution in [1.29, 1.82) is 0 Å². The Bertz CT molecular complexity index is 583. The molecule has 0 unspecified atom stereocenters. The molecule has 2 aliphatic rings. The van der Waals surface area contributed by atoms with E-state index >= 15 is 0 Å². The van der Waals surface area contributed by atoms with Gasteiger partial charge in [0.2, 0.25) is 0 Å². The van der Waals surface area contributed by atoms with E-state index in [1.165, 1.54) is 25.7 Å². The van der Waals surface area contributed by atoms with E-state index in [2.05, 4.69) is 22.1 Å². The molecule has 0 amide bonds. The molecule has 3 rings (SSSR count). The molecule has 6 nitrogen and oxygen atoms in total. The van der Waals surface area contributed by atoms with Crippen molar-refractivity contribution in [2.75, 3.05) is 31.2 Å². The van der Waals surface area contributed by atoms with E-state index in [0.29, 0.717) is 17.9 Å². The summed E-state index contributed by atoms with van der Waals surface area (Å²) in [6.45, 7) is 5.90. The van der Waals surface area contributed by atoms with Crippen LogP contribution in [-0.4, -0.2) is 47.9 Å². The molecular weight excluding hydrogens is 304 g/mol. The van der Waals surface area contributed by atoms with Crippen LogP contribution in [0.4, 0.5) is 5.82 Å². The van der Waals surface area contributed by atoms with Gasteiger partial charge >= 0.3 is 0 Å². The minimum atomic E-state index is -0.00611. The van der Waals surface area contributed by atoms with Crippen LogP contribution in [0.15, 0.2) is 17.2 Å². The van der Waals surface area contributed by atoms with Crippen molar-refractivity contribution in [3.63, 3.8) is 0 Å². The Morgan fingerprint density at radius 2 is 2.17 bits per heavy atom. The molecule has 134 valence electrons. The van der Waals surface area contributed by atoms with Crippen LogP contribution in [0.3, 0.4) is 0 Å². The topological polar surface area (TPSA) is 59.4 Å². The first kappa shape index (κ1) is 17.4. The second kappa shape index (κ2) is 8.12. The van der Waals surface area contributed by atoms with Gasteiger partial charge in [-0.15, -0.1) is 0 Å². The van der Waals surface area contributed by atoms with Crippen molar-refractivity contribution in [1.82, 2.24) is 14.9 Å². The van der Waals surface area contributed by atoms with Crippen molar-refractivity contribution < 1.29 is 4.74 Å². The summed E-state index contributed by atoms with van der Waals surface area (Å²) in [5.74, 6) is 1.37. The summed E-state index contributed by atoms with van der Waals surface area (Å²) in [4.78, 5) is 18.8. The van der Waals surface area contributed by atoms with Gasteiger partial charge in [0.25, 0.3) is 5.56 Å². The SMILES string of the molecule is C[C@H](CC1CCOCC1)N[C@H]1CCCN(c2nccn(C)c2=O)C1. The van der Waals surface area contributed by atoms with Crippen molar-refractivity contribution >= 4 is 5.82 Å². The second-order valence-electron chi connectivity index (χ2n) is 7.31. The molecule has 0 bridgehead atoms. The predicted octanol–water partition coefficient (Wildman–Crippen LogP) is 1.54. The van der Waals surface area contributed by atoms with Gasteiger partial charge in [0.15, 0.2) is 5.82 Å². The fraction of sp³-hybridized carbons (Fsp3) is 0.778. The lowest BCUT2D eigenvalue weighted by atomic mass is 9.92. The average Bonchev–Trinajstić information content (AvgIpc) is 2.58. The van der Waals surface area contributed by atoms with Crippen LogP contribution in [0.1, 0.15) is 39.0 Å². The molecule has 2 atom stereocenters. The number of hydrogen-bond donors (Lipinski definition) is 1. The Balaban J connectivity index is 1.55. The lowest BCUT2D eigenvalue weighted by Crippen LogP contribution is -2.50. The van der Waals surface area contributed by atoms with Crippen LogP contribution < -0.4 is 15.8 Å². The zero-order valence-electron chi connectivity index (χ0n) is 14.9. The molecule has 2 fully saturated rings. The zero-order valence-corrected chi connectivity index (χ0v) is 14.9. The molecule has 2 aliphatic heterocycles. The molecule has 6 heteroatoms. The molecule has 0 radical (unpaired) electrons. The number of nitrogens with one attached hydrogen (secondary N) is 1. The number of ether oxygens (including phenoxy) is 1. The Kier molecular flexibility index (Phi) is 5.89. The van der Waals surface area contributed by atoms with Crippen molar-refractivity contribution in [2.24, 2.45) is 13.0 Å². The molecule has 0 spiro atoms. The van der Waals surface area contributed by atoms with Gasteiger partial charge in [-0.2, -0.15) is 0 Å². The predicted molar refractivity (Wildman–Crippen MR) is 95.5 cm³/mol. The molecule has 2 saturated heterocycles. The normalized spacial score (nSPS) is 24.1. The van der Waals surface area contributed by atoms with Gasteiger partial charge in [-0.25, -0.2) is 4.98 Å². The number of hydrogen-bond acceptors (Lipinski definition) is 5. The summed E-state index contributed by atoms with van der Waals surface area (Å²) in [5.41, 5.74) is -0.00611. The van der Waals surface area contributed by atoms with E-state index < -0.39 is 0 Å². The van der Waals surface area contributed by atoms with E-state index in [4.69, 9.17) is 4.74 Å². The van der Waals surface area contributed by atoms with Crippen molar-refractivity contribution in [3.8, 4) is 0 Å². The summed E-state index contributed by atoms with van der Waals surface area (Å²) in [6, 6.07) is 0.935. The molecule has 0 saturated carbocycles. The standard InChI is InChI=1S/C18H30N4O2/c1-14(12-15-5-10-24-11-6-15)20-16-4-3-8-22(13-16)17-18(23)21(2)9-7-19-17/h7,9,14-16,20H,3-6,8,10-13H2,1-2H3/t14-,16+/m1/s1. The van der Waals surface area contributed by atoms with Gasteiger partial charge < -0.3 is 19.5 Å². The Hall–Kier alpha value is -1.40. The highest BCUT2D eigenvalue weighted by Crippen LogP contribution is 2.21. The number of aromatic nitrogens is 2. The summed E-state index contributed by atoms with van der Waals surface area (Å²) >= 11 is 0. The Morgan fingerprint density at radius 1 is 1.38 bits per heavy atom. The summed E-state index contributed by atoms with van der Waals surface area (Å²) < 4.78 is 7.05. The van der Waals surface area contributed by atoms with E-state index in [0.717, 1.165) is 38.6 Å². The smallest absolute Gasteiger partial charge is 0.293 e. The van der Waals surface area contributed by atoms with Crippen molar-refractivity contribution in [3.05, 3.63) is 22.7 Å². The molecule has 1 aromatic heterocycles. The maximum absolute atomic E-state index is 12.3. The molecular formula is C18H30N4O2. The lowest BCUT2D eigenvalue weighted by Gasteiger charge is -2.36. The number of aryl methyl sites for hydroxylation is 1. The van der Waals surface area contributed by atoms with Crippen LogP contribution in [-0.2, 0) is 11.8 Å². The third-order valence-electron chi connectivity index (χ3n) is 5.27. The first-order valence-corrected chi connectivity index (χ1v) is 9.24. The van der Waals surface area contributed by atoms with Gasteiger partial charge in [-0.1, -0.05) is 0 Å². The average molecular weight is 334 g/mol. The second-order valence-corrected chi connectivity index (χ2v) is 7.31. The number of anilines is 1. The van der Waals surface area contributed by atoms with Crippen molar-refractivity contribution in [2.45, 2.75) is 51.1 Å². The van der Waals surface area contributed by atoms with Gasteiger partial charge in [0, 0.05) is 57.8 Å². The number of rotatable bonds is 5. The molecule has 1 aromatic rings. The van der Waals surface area contributed by atoms with Crippen LogP contribution >= 0.6 is 0 Å². The first-order chi connectivity index (χ1) is 11.6. The van der Waals surface area contributed by atoms with Crippen LogP contribution in [0, 0.1) is 5.92 Å². The number of nitrogens with zero attached hydrogens (tertiary/aromatic N) is 3. The van der Waals surface area contributed by atoms with Gasteiger partial charge in [-0.05, 0) is 44.9 Å². The Morgan fingerprint density at radius 3 is 2.96 bits per heavy atom. The minimum absolute atomic E-state index is 0.00611. The molecule has 24 heavy (non-hydrogen) atoms. The minimum Gasteiger partial charge on any atom is -0.381 e. The molecule has 0 aromatic carbocycles.